The van der Waals surface area contributed by atoms with Crippen LogP contribution in [0, 0.1) is 5.82 Å². The molecular formula is C19H23ClFN3O3S2. The Kier molecular flexibility index (Phi) is 8.76. The van der Waals surface area contributed by atoms with Gasteiger partial charge >= 0.3 is 10.2 Å². The molecule has 0 aliphatic heterocycles. The van der Waals surface area contributed by atoms with Crippen molar-refractivity contribution >= 4 is 45.2 Å². The summed E-state index contributed by atoms with van der Waals surface area (Å²) in [6, 6.07) is 13.0. The molecule has 0 atom stereocenters. The van der Waals surface area contributed by atoms with Crippen molar-refractivity contribution in [1.29, 1.82) is 0 Å². The Bertz CT molecular complexity index is 925. The fraction of sp³-hybridized carbons (Fsp3) is 0.316. The monoisotopic (exact) mass is 459 g/mol. The summed E-state index contributed by atoms with van der Waals surface area (Å²) in [5.74, 6) is 0.188. The van der Waals surface area contributed by atoms with Gasteiger partial charge in [0.05, 0.1) is 5.69 Å². The number of nitrogens with one attached hydrogen (secondary N) is 1. The van der Waals surface area contributed by atoms with Crippen LogP contribution in [0.1, 0.15) is 5.56 Å². The van der Waals surface area contributed by atoms with Gasteiger partial charge in [0.1, 0.15) is 12.4 Å². The number of benzene rings is 2. The van der Waals surface area contributed by atoms with Crippen molar-refractivity contribution < 1.29 is 17.6 Å². The second-order valence-electron chi connectivity index (χ2n) is 6.28. The van der Waals surface area contributed by atoms with Gasteiger partial charge in [-0.1, -0.05) is 35.9 Å². The molecule has 1 amide bonds. The minimum atomic E-state index is -4.03. The Labute approximate surface area is 180 Å². The van der Waals surface area contributed by atoms with E-state index in [9.17, 15) is 17.6 Å². The first-order valence-corrected chi connectivity index (χ1v) is 11.7. The minimum Gasteiger partial charge on any atom is -0.354 e. The second kappa shape index (κ2) is 10.8. The number of hydrogen-bond acceptors (Lipinski definition) is 4. The third kappa shape index (κ3) is 6.88. The Morgan fingerprint density at radius 3 is 2.41 bits per heavy atom. The van der Waals surface area contributed by atoms with E-state index in [2.05, 4.69) is 5.32 Å². The molecule has 2 aromatic rings. The van der Waals surface area contributed by atoms with E-state index in [1.165, 1.54) is 32.3 Å². The Morgan fingerprint density at radius 1 is 1.14 bits per heavy atom. The molecule has 0 unspecified atom stereocenters. The average molecular weight is 460 g/mol. The van der Waals surface area contributed by atoms with E-state index >= 15 is 0 Å². The van der Waals surface area contributed by atoms with Crippen molar-refractivity contribution in [2.24, 2.45) is 0 Å². The molecule has 0 bridgehead atoms. The first kappa shape index (κ1) is 23.5. The summed E-state index contributed by atoms with van der Waals surface area (Å²) in [7, 11) is -1.38. The highest BCUT2D eigenvalue weighted by Gasteiger charge is 2.29. The van der Waals surface area contributed by atoms with E-state index in [1.54, 1.807) is 11.8 Å². The van der Waals surface area contributed by atoms with Crippen LogP contribution in [0.2, 0.25) is 5.02 Å². The van der Waals surface area contributed by atoms with E-state index < -0.39 is 28.5 Å². The van der Waals surface area contributed by atoms with Gasteiger partial charge in [-0.2, -0.15) is 24.5 Å². The molecule has 1 N–H and O–H groups in total. The Hall–Kier alpha value is -1.81. The molecule has 2 aromatic carbocycles. The van der Waals surface area contributed by atoms with Gasteiger partial charge in [0, 0.05) is 37.2 Å². The molecule has 0 saturated heterocycles. The number of anilines is 1. The highest BCUT2D eigenvalue weighted by atomic mass is 35.5. The zero-order valence-electron chi connectivity index (χ0n) is 16.1. The molecule has 158 valence electrons. The molecule has 2 rings (SSSR count). The Morgan fingerprint density at radius 2 is 1.79 bits per heavy atom. The van der Waals surface area contributed by atoms with Crippen molar-refractivity contribution in [2.75, 3.05) is 37.2 Å². The molecule has 0 radical (unpaired) electrons. The standard InChI is InChI=1S/C19H23ClFN3O3S2/c1-23(2)29(26,27)24(18-6-4-3-5-17(18)21)13-19(25)22-11-12-28-14-15-7-9-16(20)10-8-15/h3-10H,11-14H2,1-2H3,(H,22,25). The zero-order chi connectivity index (χ0) is 21.4. The van der Waals surface area contributed by atoms with E-state index in [-0.39, 0.29) is 5.69 Å². The number of hydrogen-bond donors (Lipinski definition) is 1. The molecule has 0 aliphatic rings. The first-order valence-electron chi connectivity index (χ1n) is 8.75. The lowest BCUT2D eigenvalue weighted by molar-refractivity contribution is -0.119. The summed E-state index contributed by atoms with van der Waals surface area (Å²) >= 11 is 7.47. The van der Waals surface area contributed by atoms with Crippen LogP contribution in [-0.4, -0.2) is 51.6 Å². The second-order valence-corrected chi connectivity index (χ2v) is 9.89. The van der Waals surface area contributed by atoms with E-state index in [4.69, 9.17) is 11.6 Å². The average Bonchev–Trinajstić information content (AvgIpc) is 2.67. The molecular weight excluding hydrogens is 437 g/mol. The maximum absolute atomic E-state index is 14.2. The molecule has 0 saturated carbocycles. The number of carbonyl (C=O) groups excluding carboxylic acids is 1. The van der Waals surface area contributed by atoms with Gasteiger partial charge in [-0.25, -0.2) is 8.70 Å². The number of para-hydroxylation sites is 1. The van der Waals surface area contributed by atoms with E-state index in [1.807, 2.05) is 24.3 Å². The highest BCUT2D eigenvalue weighted by Crippen LogP contribution is 2.22. The number of thioether (sulfide) groups is 1. The van der Waals surface area contributed by atoms with Crippen LogP contribution in [0.4, 0.5) is 10.1 Å². The van der Waals surface area contributed by atoms with Gasteiger partial charge in [0.15, 0.2) is 0 Å². The number of halogens is 2. The smallest absolute Gasteiger partial charge is 0.304 e. The molecule has 0 spiro atoms. The van der Waals surface area contributed by atoms with Crippen LogP contribution in [0.5, 0.6) is 0 Å². The topological polar surface area (TPSA) is 69.7 Å². The first-order chi connectivity index (χ1) is 13.7. The number of carbonyl (C=O) groups is 1. The minimum absolute atomic E-state index is 0.173. The molecule has 29 heavy (non-hydrogen) atoms. The fourth-order valence-electron chi connectivity index (χ4n) is 2.36. The lowest BCUT2D eigenvalue weighted by Crippen LogP contribution is -2.46. The van der Waals surface area contributed by atoms with Crippen molar-refractivity contribution in [1.82, 2.24) is 9.62 Å². The van der Waals surface area contributed by atoms with Gasteiger partial charge in [0.2, 0.25) is 5.91 Å². The molecule has 0 fully saturated rings. The highest BCUT2D eigenvalue weighted by molar-refractivity contribution is 7.98. The fourth-order valence-corrected chi connectivity index (χ4v) is 4.38. The van der Waals surface area contributed by atoms with E-state index in [0.29, 0.717) is 17.3 Å². The largest absolute Gasteiger partial charge is 0.354 e. The van der Waals surface area contributed by atoms with Crippen molar-refractivity contribution in [3.63, 3.8) is 0 Å². The predicted octanol–water partition coefficient (Wildman–Crippen LogP) is 3.14. The molecule has 6 nitrogen and oxygen atoms in total. The predicted molar refractivity (Wildman–Crippen MR) is 117 cm³/mol. The summed E-state index contributed by atoms with van der Waals surface area (Å²) in [4.78, 5) is 12.3. The summed E-state index contributed by atoms with van der Waals surface area (Å²) in [6.45, 7) is -0.145. The quantitative estimate of drug-likeness (QED) is 0.554. The molecule has 0 aromatic heterocycles. The lowest BCUT2D eigenvalue weighted by atomic mass is 10.2. The maximum atomic E-state index is 14.2. The Balaban J connectivity index is 1.91. The van der Waals surface area contributed by atoms with Crippen LogP contribution in [0.3, 0.4) is 0 Å². The van der Waals surface area contributed by atoms with Crippen LogP contribution in [-0.2, 0) is 20.8 Å². The maximum Gasteiger partial charge on any atom is 0.304 e. The van der Waals surface area contributed by atoms with Gasteiger partial charge in [-0.3, -0.25) is 4.79 Å². The van der Waals surface area contributed by atoms with Gasteiger partial charge < -0.3 is 5.32 Å². The van der Waals surface area contributed by atoms with Gasteiger partial charge in [-0.15, -0.1) is 0 Å². The molecule has 0 aliphatic carbocycles. The number of nitrogens with zero attached hydrogens (tertiary/aromatic N) is 2. The number of rotatable bonds is 10. The van der Waals surface area contributed by atoms with Crippen LogP contribution in [0.15, 0.2) is 48.5 Å². The third-order valence-corrected chi connectivity index (χ3v) is 6.99. The van der Waals surface area contributed by atoms with Crippen molar-refractivity contribution in [3.8, 4) is 0 Å². The van der Waals surface area contributed by atoms with Crippen molar-refractivity contribution in [2.45, 2.75) is 5.75 Å². The van der Waals surface area contributed by atoms with Gasteiger partial charge in [0.25, 0.3) is 0 Å². The van der Waals surface area contributed by atoms with Crippen molar-refractivity contribution in [3.05, 3.63) is 64.9 Å². The normalized spacial score (nSPS) is 11.5. The third-order valence-electron chi connectivity index (χ3n) is 3.90. The zero-order valence-corrected chi connectivity index (χ0v) is 18.5. The summed E-state index contributed by atoms with van der Waals surface area (Å²) in [5, 5.41) is 3.36. The van der Waals surface area contributed by atoms with Crippen LogP contribution < -0.4 is 9.62 Å². The number of amides is 1. The van der Waals surface area contributed by atoms with Gasteiger partial charge in [-0.05, 0) is 29.8 Å². The van der Waals surface area contributed by atoms with Crippen LogP contribution in [0.25, 0.3) is 0 Å². The summed E-state index contributed by atoms with van der Waals surface area (Å²) in [6.07, 6.45) is 0. The van der Waals surface area contributed by atoms with E-state index in [0.717, 1.165) is 26.0 Å². The molecule has 10 heteroatoms. The molecule has 0 heterocycles. The summed E-state index contributed by atoms with van der Waals surface area (Å²) in [5.41, 5.74) is 0.946. The lowest BCUT2D eigenvalue weighted by Gasteiger charge is -2.27. The SMILES string of the molecule is CN(C)S(=O)(=O)N(CC(=O)NCCSCc1ccc(Cl)cc1)c1ccccc1F. The summed E-state index contributed by atoms with van der Waals surface area (Å²) < 4.78 is 41.0. The van der Waals surface area contributed by atoms with Crippen LogP contribution >= 0.6 is 23.4 Å².